The molecule has 0 atom stereocenters. The molecule has 0 spiro atoms. The molecule has 0 aliphatic carbocycles. The predicted molar refractivity (Wildman–Crippen MR) is 123 cm³/mol. The number of hydrogen-bond acceptors (Lipinski definition) is 1. The van der Waals surface area contributed by atoms with Crippen molar-refractivity contribution in [2.45, 2.75) is 51.9 Å². The van der Waals surface area contributed by atoms with Gasteiger partial charge in [-0.3, -0.25) is 0 Å². The van der Waals surface area contributed by atoms with Gasteiger partial charge in [-0.2, -0.15) is 0 Å². The molecule has 4 nitrogen and oxygen atoms in total. The van der Waals surface area contributed by atoms with E-state index in [2.05, 4.69) is 109 Å². The molecule has 2 aliphatic heterocycles. The molecule has 0 bridgehead atoms. The zero-order valence-electron chi connectivity index (χ0n) is 19.2. The van der Waals surface area contributed by atoms with Crippen LogP contribution < -0.4 is 4.68 Å². The third kappa shape index (κ3) is 2.15. The second kappa shape index (κ2) is 5.76. The summed E-state index contributed by atoms with van der Waals surface area (Å²) in [6, 6.07) is 13.2. The van der Waals surface area contributed by atoms with Crippen LogP contribution in [0.4, 0.5) is 0 Å². The quantitative estimate of drug-likeness (QED) is 0.360. The van der Waals surface area contributed by atoms with Gasteiger partial charge in [0.25, 0.3) is 0 Å². The summed E-state index contributed by atoms with van der Waals surface area (Å²) in [5, 5.41) is 0. The Balaban J connectivity index is 1.78. The molecule has 6 rings (SSSR count). The molecule has 31 heavy (non-hydrogen) atoms. The number of hydrogen-bond donors (Lipinski definition) is 0. The summed E-state index contributed by atoms with van der Waals surface area (Å²) in [5.41, 5.74) is 10.6. The molecular weight excluding hydrogens is 380 g/mol. The van der Waals surface area contributed by atoms with Crippen molar-refractivity contribution in [3.63, 3.8) is 0 Å². The molecule has 2 aliphatic rings. The highest BCUT2D eigenvalue weighted by Crippen LogP contribution is 2.55. The maximum Gasteiger partial charge on any atom is 0.203 e. The standard InChI is InChI=1S/C27H29N4/c1-17-14-19-15-21-28-12-13-30(21)24(19)22-23(17)31-25(27(4,5)26(22,2)3)20(16-29(31)6)18-10-8-7-9-11-18/h7-14,16H,15H2,1-6H3/q+1. The highest BCUT2D eigenvalue weighted by molar-refractivity contribution is 5.74. The van der Waals surface area contributed by atoms with E-state index in [0.29, 0.717) is 0 Å². The van der Waals surface area contributed by atoms with Gasteiger partial charge in [0, 0.05) is 35.2 Å². The van der Waals surface area contributed by atoms with Gasteiger partial charge in [-0.15, -0.1) is 9.36 Å². The minimum Gasteiger partial charge on any atom is -0.303 e. The number of nitrogens with zero attached hydrogens (tertiary/aromatic N) is 4. The Labute approximate surface area is 183 Å². The van der Waals surface area contributed by atoms with Gasteiger partial charge in [0.1, 0.15) is 17.2 Å². The molecule has 0 saturated carbocycles. The van der Waals surface area contributed by atoms with Crippen LogP contribution in [0.2, 0.25) is 0 Å². The number of fused-ring (bicyclic) bond motifs is 7. The minimum absolute atomic E-state index is 0.0742. The first kappa shape index (κ1) is 18.6. The number of imidazole rings is 1. The number of aromatic nitrogens is 4. The van der Waals surface area contributed by atoms with Crippen LogP contribution >= 0.6 is 0 Å². The van der Waals surface area contributed by atoms with Gasteiger partial charge in [-0.05, 0) is 23.6 Å². The van der Waals surface area contributed by atoms with E-state index < -0.39 is 0 Å². The lowest BCUT2D eigenvalue weighted by Gasteiger charge is -2.47. The molecule has 2 aromatic heterocycles. The summed E-state index contributed by atoms with van der Waals surface area (Å²) >= 11 is 0. The van der Waals surface area contributed by atoms with E-state index in [-0.39, 0.29) is 10.8 Å². The van der Waals surface area contributed by atoms with Crippen molar-refractivity contribution in [3.8, 4) is 22.5 Å². The first-order valence-electron chi connectivity index (χ1n) is 11.1. The smallest absolute Gasteiger partial charge is 0.203 e. The summed E-state index contributed by atoms with van der Waals surface area (Å²) in [4.78, 5) is 4.63. The molecule has 0 amide bonds. The molecule has 4 aromatic rings. The fourth-order valence-electron chi connectivity index (χ4n) is 5.87. The molecule has 0 fully saturated rings. The van der Waals surface area contributed by atoms with Crippen molar-refractivity contribution in [2.24, 2.45) is 7.05 Å². The first-order chi connectivity index (χ1) is 14.7. The number of benzene rings is 2. The molecule has 0 unspecified atom stereocenters. The van der Waals surface area contributed by atoms with Gasteiger partial charge in [0.15, 0.2) is 7.05 Å². The van der Waals surface area contributed by atoms with Crippen LogP contribution in [0.15, 0.2) is 55.0 Å². The normalized spacial score (nSPS) is 17.1. The monoisotopic (exact) mass is 409 g/mol. The van der Waals surface area contributed by atoms with Crippen molar-refractivity contribution in [2.75, 3.05) is 0 Å². The van der Waals surface area contributed by atoms with Gasteiger partial charge < -0.3 is 4.57 Å². The Bertz CT molecular complexity index is 1370. The Hall–Kier alpha value is -3.14. The van der Waals surface area contributed by atoms with Crippen LogP contribution in [-0.4, -0.2) is 14.2 Å². The van der Waals surface area contributed by atoms with Crippen LogP contribution in [0.3, 0.4) is 0 Å². The number of aryl methyl sites for hydroxylation is 2. The zero-order valence-corrected chi connectivity index (χ0v) is 19.2. The van der Waals surface area contributed by atoms with E-state index in [1.54, 1.807) is 0 Å². The van der Waals surface area contributed by atoms with E-state index in [1.807, 2.05) is 6.20 Å². The van der Waals surface area contributed by atoms with E-state index in [4.69, 9.17) is 0 Å². The van der Waals surface area contributed by atoms with Crippen molar-refractivity contribution in [3.05, 3.63) is 83.2 Å². The van der Waals surface area contributed by atoms with Crippen molar-refractivity contribution >= 4 is 0 Å². The Morgan fingerprint density at radius 1 is 1.00 bits per heavy atom. The van der Waals surface area contributed by atoms with Gasteiger partial charge >= 0.3 is 0 Å². The second-order valence-electron chi connectivity index (χ2n) is 10.2. The van der Waals surface area contributed by atoms with Crippen LogP contribution in [0, 0.1) is 6.92 Å². The molecule has 0 radical (unpaired) electrons. The summed E-state index contributed by atoms with van der Waals surface area (Å²) in [6.45, 7) is 11.9. The fraction of sp³-hybridized carbons (Fsp3) is 0.333. The summed E-state index contributed by atoms with van der Waals surface area (Å²) in [6.07, 6.45) is 7.26. The van der Waals surface area contributed by atoms with Crippen molar-refractivity contribution in [1.29, 1.82) is 0 Å². The fourth-order valence-corrected chi connectivity index (χ4v) is 5.87. The summed E-state index contributed by atoms with van der Waals surface area (Å²) in [5.74, 6) is 1.14. The summed E-state index contributed by atoms with van der Waals surface area (Å²) < 4.78 is 7.06. The van der Waals surface area contributed by atoms with Crippen LogP contribution in [-0.2, 0) is 24.3 Å². The predicted octanol–water partition coefficient (Wildman–Crippen LogP) is 4.94. The molecule has 156 valence electrons. The van der Waals surface area contributed by atoms with Gasteiger partial charge in [0.2, 0.25) is 6.20 Å². The SMILES string of the molecule is Cc1cc2c(c3c1-n1c(c(-c4ccccc4)c[n+]1C)C(C)(C)C3(C)C)-n1ccnc1C2. The molecule has 2 aromatic carbocycles. The topological polar surface area (TPSA) is 26.6 Å². The lowest BCUT2D eigenvalue weighted by Crippen LogP contribution is -2.51. The third-order valence-corrected chi connectivity index (χ3v) is 8.02. The molecule has 0 saturated heterocycles. The first-order valence-corrected chi connectivity index (χ1v) is 11.1. The van der Waals surface area contributed by atoms with Gasteiger partial charge in [-0.25, -0.2) is 4.98 Å². The van der Waals surface area contributed by atoms with Gasteiger partial charge in [-0.1, -0.05) is 64.1 Å². The minimum atomic E-state index is -0.0860. The maximum absolute atomic E-state index is 4.63. The van der Waals surface area contributed by atoms with Crippen LogP contribution in [0.1, 0.15) is 55.9 Å². The lowest BCUT2D eigenvalue weighted by molar-refractivity contribution is -0.745. The van der Waals surface area contributed by atoms with E-state index in [1.165, 1.54) is 44.9 Å². The van der Waals surface area contributed by atoms with Crippen molar-refractivity contribution < 1.29 is 4.68 Å². The van der Waals surface area contributed by atoms with E-state index in [0.717, 1.165) is 12.2 Å². The third-order valence-electron chi connectivity index (χ3n) is 8.02. The average molecular weight is 410 g/mol. The Morgan fingerprint density at radius 2 is 1.74 bits per heavy atom. The van der Waals surface area contributed by atoms with Gasteiger partial charge in [0.05, 0.1) is 11.3 Å². The van der Waals surface area contributed by atoms with Crippen molar-refractivity contribution in [1.82, 2.24) is 14.2 Å². The maximum atomic E-state index is 4.63. The summed E-state index contributed by atoms with van der Waals surface area (Å²) in [7, 11) is 2.17. The lowest BCUT2D eigenvalue weighted by atomic mass is 9.58. The highest BCUT2D eigenvalue weighted by Gasteiger charge is 2.53. The Kier molecular flexibility index (Phi) is 3.46. The zero-order chi connectivity index (χ0) is 21.7. The molecule has 4 heterocycles. The average Bonchev–Trinajstić information content (AvgIpc) is 3.40. The van der Waals surface area contributed by atoms with E-state index >= 15 is 0 Å². The number of rotatable bonds is 1. The Morgan fingerprint density at radius 3 is 2.48 bits per heavy atom. The molecular formula is C27H29N4+. The molecule has 0 N–H and O–H groups in total. The van der Waals surface area contributed by atoms with Crippen LogP contribution in [0.25, 0.3) is 22.5 Å². The largest absolute Gasteiger partial charge is 0.303 e. The van der Waals surface area contributed by atoms with E-state index in [9.17, 15) is 0 Å². The second-order valence-corrected chi connectivity index (χ2v) is 10.2. The molecule has 4 heteroatoms. The van der Waals surface area contributed by atoms with Crippen LogP contribution in [0.5, 0.6) is 0 Å². The highest BCUT2D eigenvalue weighted by atomic mass is 15.4.